The molecule has 9 nitrogen and oxygen atoms in total. The first-order chi connectivity index (χ1) is 22.9. The molecular formula is C38H51N5O4. The van der Waals surface area contributed by atoms with E-state index < -0.39 is 0 Å². The van der Waals surface area contributed by atoms with Crippen LogP contribution in [0.25, 0.3) is 0 Å². The predicted molar refractivity (Wildman–Crippen MR) is 187 cm³/mol. The van der Waals surface area contributed by atoms with Crippen molar-refractivity contribution < 1.29 is 19.1 Å². The monoisotopic (exact) mass is 641 g/mol. The standard InChI is InChI=1S/C21H27N3O.C17H24N2O3/c1-2-21(25)24(20-10-4-3-5-11-20)17-19-9-7-13-23(16-19)15-18-8-6-12-22-14-18;1-3-16(20)19(15-9-5-4-6-10-15)13-14-8-7-11-18(12-14)17(21)22-2/h3-6,8,10-12,14,19H,2,7,9,13,15-17H2,1H3;4-6,9-10,14H,3,7-8,11-13H2,1-2H3. The van der Waals surface area contributed by atoms with Gasteiger partial charge in [-0.15, -0.1) is 0 Å². The number of nitrogens with zero attached hydrogens (tertiary/aromatic N) is 5. The third-order valence-corrected chi connectivity index (χ3v) is 8.91. The molecule has 0 bridgehead atoms. The maximum atomic E-state index is 12.5. The summed E-state index contributed by atoms with van der Waals surface area (Å²) < 4.78 is 4.80. The number of carbonyl (C=O) groups excluding carboxylic acids is 3. The Kier molecular flexibility index (Phi) is 14.2. The zero-order chi connectivity index (χ0) is 33.4. The van der Waals surface area contributed by atoms with E-state index >= 15 is 0 Å². The molecule has 0 N–H and O–H groups in total. The van der Waals surface area contributed by atoms with Gasteiger partial charge in [0.25, 0.3) is 0 Å². The zero-order valence-corrected chi connectivity index (χ0v) is 28.3. The molecule has 3 amide bonds. The van der Waals surface area contributed by atoms with E-state index in [9.17, 15) is 14.4 Å². The smallest absolute Gasteiger partial charge is 0.409 e. The average molecular weight is 642 g/mol. The zero-order valence-electron chi connectivity index (χ0n) is 28.3. The summed E-state index contributed by atoms with van der Waals surface area (Å²) in [4.78, 5) is 48.7. The van der Waals surface area contributed by atoms with Crippen LogP contribution in [0.15, 0.2) is 85.2 Å². The molecule has 1 aromatic heterocycles. The fraction of sp³-hybridized carbons (Fsp3) is 0.474. The lowest BCUT2D eigenvalue weighted by Crippen LogP contribution is -2.45. The molecule has 0 spiro atoms. The number of pyridine rings is 1. The summed E-state index contributed by atoms with van der Waals surface area (Å²) in [6, 6.07) is 23.9. The fourth-order valence-corrected chi connectivity index (χ4v) is 6.52. The van der Waals surface area contributed by atoms with E-state index in [2.05, 4.69) is 16.0 Å². The second-order valence-electron chi connectivity index (χ2n) is 12.4. The Morgan fingerprint density at radius 2 is 1.32 bits per heavy atom. The van der Waals surface area contributed by atoms with Gasteiger partial charge in [-0.1, -0.05) is 56.3 Å². The lowest BCUT2D eigenvalue weighted by molar-refractivity contribution is -0.119. The van der Waals surface area contributed by atoms with E-state index in [0.29, 0.717) is 31.8 Å². The molecule has 0 saturated carbocycles. The number of hydrogen-bond acceptors (Lipinski definition) is 6. The SMILES string of the molecule is CCC(=O)N(CC1CCCN(C(=O)OC)C1)c1ccccc1.CCC(=O)N(CC1CCCN(Cc2cccnc2)C1)c1ccccc1. The van der Waals surface area contributed by atoms with Gasteiger partial charge >= 0.3 is 6.09 Å². The number of hydrogen-bond donors (Lipinski definition) is 0. The van der Waals surface area contributed by atoms with E-state index in [-0.39, 0.29) is 23.8 Å². The molecule has 2 aromatic carbocycles. The molecule has 2 saturated heterocycles. The second kappa shape index (κ2) is 18.8. The molecule has 2 fully saturated rings. The summed E-state index contributed by atoms with van der Waals surface area (Å²) in [6.45, 7) is 9.74. The molecule has 2 aliphatic heterocycles. The molecule has 2 unspecified atom stereocenters. The molecule has 0 aliphatic carbocycles. The van der Waals surface area contributed by atoms with Crippen LogP contribution in [0.2, 0.25) is 0 Å². The Balaban J connectivity index is 0.000000215. The van der Waals surface area contributed by atoms with Crippen molar-refractivity contribution in [3.05, 3.63) is 90.8 Å². The van der Waals surface area contributed by atoms with Crippen molar-refractivity contribution in [1.82, 2.24) is 14.8 Å². The molecule has 2 aliphatic rings. The maximum Gasteiger partial charge on any atom is 0.409 e. The van der Waals surface area contributed by atoms with Gasteiger partial charge in [0.05, 0.1) is 7.11 Å². The summed E-state index contributed by atoms with van der Waals surface area (Å²) in [6.07, 6.45) is 8.84. The Morgan fingerprint density at radius 3 is 1.83 bits per heavy atom. The Bertz CT molecular complexity index is 1370. The van der Waals surface area contributed by atoms with Crippen molar-refractivity contribution in [3.63, 3.8) is 0 Å². The number of para-hydroxylation sites is 2. The van der Waals surface area contributed by atoms with E-state index in [1.54, 1.807) is 4.90 Å². The summed E-state index contributed by atoms with van der Waals surface area (Å²) in [5, 5.41) is 0. The largest absolute Gasteiger partial charge is 0.453 e. The van der Waals surface area contributed by atoms with Crippen molar-refractivity contribution in [1.29, 1.82) is 0 Å². The van der Waals surface area contributed by atoms with Crippen molar-refractivity contribution in [2.24, 2.45) is 11.8 Å². The second-order valence-corrected chi connectivity index (χ2v) is 12.4. The normalized spacial score (nSPS) is 18.0. The van der Waals surface area contributed by atoms with Crippen LogP contribution in [0.3, 0.4) is 0 Å². The van der Waals surface area contributed by atoms with E-state index in [4.69, 9.17) is 4.74 Å². The number of likely N-dealkylation sites (tertiary alicyclic amines) is 2. The van der Waals surface area contributed by atoms with Gasteiger partial charge in [0.15, 0.2) is 0 Å². The third-order valence-electron chi connectivity index (χ3n) is 8.91. The minimum absolute atomic E-state index is 0.112. The molecule has 5 rings (SSSR count). The van der Waals surface area contributed by atoms with Gasteiger partial charge in [-0.05, 0) is 80.0 Å². The van der Waals surface area contributed by atoms with E-state index in [1.165, 1.54) is 25.5 Å². The number of carbonyl (C=O) groups is 3. The number of amides is 3. The molecular weight excluding hydrogens is 590 g/mol. The van der Waals surface area contributed by atoms with Crippen LogP contribution < -0.4 is 9.80 Å². The van der Waals surface area contributed by atoms with Crippen LogP contribution >= 0.6 is 0 Å². The van der Waals surface area contributed by atoms with Gasteiger partial charge in [0.1, 0.15) is 0 Å². The third kappa shape index (κ3) is 10.9. The van der Waals surface area contributed by atoms with E-state index in [1.807, 2.05) is 103 Å². The van der Waals surface area contributed by atoms with E-state index in [0.717, 1.165) is 56.9 Å². The lowest BCUT2D eigenvalue weighted by Gasteiger charge is -2.35. The maximum absolute atomic E-state index is 12.5. The summed E-state index contributed by atoms with van der Waals surface area (Å²) in [5.41, 5.74) is 3.19. The Morgan fingerprint density at radius 1 is 0.766 bits per heavy atom. The molecule has 0 radical (unpaired) electrons. The van der Waals surface area contributed by atoms with Crippen molar-refractivity contribution in [3.8, 4) is 0 Å². The molecule has 252 valence electrons. The molecule has 2 atom stereocenters. The highest BCUT2D eigenvalue weighted by Crippen LogP contribution is 2.24. The first kappa shape index (κ1) is 35.6. The van der Waals surface area contributed by atoms with Crippen molar-refractivity contribution >= 4 is 29.3 Å². The minimum Gasteiger partial charge on any atom is -0.453 e. The summed E-state index contributed by atoms with van der Waals surface area (Å²) in [5.74, 6) is 1.11. The van der Waals surface area contributed by atoms with Gasteiger partial charge in [-0.3, -0.25) is 19.5 Å². The van der Waals surface area contributed by atoms with Crippen LogP contribution in [0, 0.1) is 11.8 Å². The lowest BCUT2D eigenvalue weighted by atomic mass is 9.96. The highest BCUT2D eigenvalue weighted by atomic mass is 16.5. The topological polar surface area (TPSA) is 86.3 Å². The predicted octanol–water partition coefficient (Wildman–Crippen LogP) is 6.64. The van der Waals surface area contributed by atoms with Crippen LogP contribution in [0.5, 0.6) is 0 Å². The molecule has 9 heteroatoms. The van der Waals surface area contributed by atoms with Crippen LogP contribution in [0.1, 0.15) is 57.9 Å². The van der Waals surface area contributed by atoms with Crippen LogP contribution in [-0.2, 0) is 20.9 Å². The number of benzene rings is 2. The summed E-state index contributed by atoms with van der Waals surface area (Å²) >= 11 is 0. The molecule has 3 heterocycles. The number of rotatable bonds is 10. The number of anilines is 2. The van der Waals surface area contributed by atoms with Gasteiger partial charge in [-0.25, -0.2) is 4.79 Å². The van der Waals surface area contributed by atoms with Crippen LogP contribution in [-0.4, -0.2) is 79.1 Å². The number of ether oxygens (including phenoxy) is 1. The summed E-state index contributed by atoms with van der Waals surface area (Å²) in [7, 11) is 1.41. The average Bonchev–Trinajstić information content (AvgIpc) is 3.13. The molecule has 3 aromatic rings. The minimum atomic E-state index is -0.280. The van der Waals surface area contributed by atoms with Crippen molar-refractivity contribution in [2.45, 2.75) is 58.9 Å². The fourth-order valence-electron chi connectivity index (χ4n) is 6.52. The number of methoxy groups -OCH3 is 1. The highest BCUT2D eigenvalue weighted by Gasteiger charge is 2.28. The van der Waals surface area contributed by atoms with Gasteiger partial charge in [0, 0.05) is 75.9 Å². The Labute approximate surface area is 280 Å². The highest BCUT2D eigenvalue weighted by molar-refractivity contribution is 5.93. The van der Waals surface area contributed by atoms with Gasteiger partial charge < -0.3 is 19.4 Å². The van der Waals surface area contributed by atoms with Crippen molar-refractivity contribution in [2.75, 3.05) is 56.2 Å². The first-order valence-electron chi connectivity index (χ1n) is 17.1. The number of piperidine rings is 2. The van der Waals surface area contributed by atoms with Gasteiger partial charge in [-0.2, -0.15) is 0 Å². The van der Waals surface area contributed by atoms with Crippen LogP contribution in [0.4, 0.5) is 16.2 Å². The quantitative estimate of drug-likeness (QED) is 0.247. The first-order valence-corrected chi connectivity index (χ1v) is 17.1. The molecule has 47 heavy (non-hydrogen) atoms. The Hall–Kier alpha value is -4.24. The number of aromatic nitrogens is 1. The van der Waals surface area contributed by atoms with Gasteiger partial charge in [0.2, 0.25) is 11.8 Å².